The molecule has 0 N–H and O–H groups in total. The van der Waals surface area contributed by atoms with Crippen molar-refractivity contribution < 1.29 is 23.8 Å². The molecular weight excluding hydrogens is 310 g/mol. The molecule has 2 rings (SSSR count). The fourth-order valence-corrected chi connectivity index (χ4v) is 2.81. The van der Waals surface area contributed by atoms with E-state index in [2.05, 4.69) is 6.58 Å². The molecule has 1 aliphatic rings. The van der Waals surface area contributed by atoms with Crippen LogP contribution in [0.3, 0.4) is 0 Å². The van der Waals surface area contributed by atoms with Crippen LogP contribution >= 0.6 is 0 Å². The molecule has 0 spiro atoms. The summed E-state index contributed by atoms with van der Waals surface area (Å²) in [5.74, 6) is -0.662. The molecule has 1 saturated heterocycles. The molecule has 1 heterocycles. The Bertz CT molecular complexity index is 574. The van der Waals surface area contributed by atoms with Gasteiger partial charge in [0.2, 0.25) is 0 Å². The van der Waals surface area contributed by atoms with E-state index in [4.69, 9.17) is 14.2 Å². The van der Waals surface area contributed by atoms with E-state index < -0.39 is 18.1 Å². The van der Waals surface area contributed by atoms with Gasteiger partial charge in [-0.25, -0.2) is 9.59 Å². The summed E-state index contributed by atoms with van der Waals surface area (Å²) >= 11 is 0. The monoisotopic (exact) mass is 333 g/mol. The van der Waals surface area contributed by atoms with Crippen LogP contribution < -0.4 is 0 Å². The van der Waals surface area contributed by atoms with Gasteiger partial charge in [-0.2, -0.15) is 0 Å². The van der Waals surface area contributed by atoms with Gasteiger partial charge in [0.1, 0.15) is 12.6 Å². The third kappa shape index (κ3) is 4.14. The second-order valence-electron chi connectivity index (χ2n) is 5.68. The van der Waals surface area contributed by atoms with Crippen LogP contribution in [-0.4, -0.2) is 49.4 Å². The highest BCUT2D eigenvalue weighted by molar-refractivity contribution is 5.82. The van der Waals surface area contributed by atoms with Crippen molar-refractivity contribution in [2.24, 2.45) is 5.92 Å². The van der Waals surface area contributed by atoms with E-state index in [9.17, 15) is 9.59 Å². The van der Waals surface area contributed by atoms with Gasteiger partial charge in [-0.1, -0.05) is 43.3 Å². The number of ether oxygens (including phenoxy) is 3. The van der Waals surface area contributed by atoms with Crippen molar-refractivity contribution in [1.82, 2.24) is 4.90 Å². The first-order valence-electron chi connectivity index (χ1n) is 7.86. The largest absolute Gasteiger partial charge is 0.467 e. The topological polar surface area (TPSA) is 65.1 Å². The molecule has 0 saturated carbocycles. The average Bonchev–Trinajstić information content (AvgIpc) is 2.94. The summed E-state index contributed by atoms with van der Waals surface area (Å²) < 4.78 is 15.8. The lowest BCUT2D eigenvalue weighted by atomic mass is 10.0. The van der Waals surface area contributed by atoms with Crippen LogP contribution in [0.25, 0.3) is 0 Å². The predicted octanol–water partition coefficient (Wildman–Crippen LogP) is 2.39. The van der Waals surface area contributed by atoms with Gasteiger partial charge in [0.15, 0.2) is 0 Å². The van der Waals surface area contributed by atoms with Crippen molar-refractivity contribution >= 4 is 12.1 Å². The molecule has 6 heteroatoms. The number of carbonyl (C=O) groups excluding carboxylic acids is 2. The maximum absolute atomic E-state index is 12.4. The van der Waals surface area contributed by atoms with Crippen molar-refractivity contribution in [3.05, 3.63) is 48.6 Å². The number of rotatable bonds is 6. The molecule has 0 aromatic heterocycles. The van der Waals surface area contributed by atoms with Gasteiger partial charge in [-0.3, -0.25) is 4.90 Å². The molecule has 1 amide bonds. The Kier molecular flexibility index (Phi) is 6.37. The minimum absolute atomic E-state index is 0.149. The summed E-state index contributed by atoms with van der Waals surface area (Å²) in [6.07, 6.45) is 0.818. The van der Waals surface area contributed by atoms with Crippen molar-refractivity contribution in [2.75, 3.05) is 20.3 Å². The average molecular weight is 333 g/mol. The summed E-state index contributed by atoms with van der Waals surface area (Å²) in [4.78, 5) is 25.9. The van der Waals surface area contributed by atoms with Crippen LogP contribution in [0.1, 0.15) is 12.5 Å². The van der Waals surface area contributed by atoms with Crippen LogP contribution in [0.15, 0.2) is 43.0 Å². The molecule has 1 aromatic rings. The Hall–Kier alpha value is -2.34. The summed E-state index contributed by atoms with van der Waals surface area (Å²) in [6.45, 7) is 6.26. The van der Waals surface area contributed by atoms with Crippen molar-refractivity contribution in [3.8, 4) is 0 Å². The van der Waals surface area contributed by atoms with E-state index in [1.165, 1.54) is 12.0 Å². The standard InChI is InChI=1S/C18H23NO5/c1-4-10-23-15-11-19(16(13(15)2)17(20)22-3)18(21)24-12-14-8-6-5-7-9-14/h4-9,13,15-16H,1,10-12H2,2-3H3/t13-,15+,16-/m1/s1. The van der Waals surface area contributed by atoms with Crippen LogP contribution in [0.5, 0.6) is 0 Å². The Labute approximate surface area is 142 Å². The highest BCUT2D eigenvalue weighted by atomic mass is 16.6. The van der Waals surface area contributed by atoms with Gasteiger partial charge < -0.3 is 14.2 Å². The molecule has 0 bridgehead atoms. The second kappa shape index (κ2) is 8.49. The zero-order chi connectivity index (χ0) is 17.5. The molecule has 0 radical (unpaired) electrons. The van der Waals surface area contributed by atoms with Crippen LogP contribution in [0, 0.1) is 5.92 Å². The van der Waals surface area contributed by atoms with Gasteiger partial charge in [-0.05, 0) is 5.56 Å². The van der Waals surface area contributed by atoms with Crippen LogP contribution in [-0.2, 0) is 25.6 Å². The summed E-state index contributed by atoms with van der Waals surface area (Å²) in [5, 5.41) is 0. The van der Waals surface area contributed by atoms with Gasteiger partial charge in [0.05, 0.1) is 26.4 Å². The van der Waals surface area contributed by atoms with E-state index in [0.717, 1.165) is 5.56 Å². The normalized spacial score (nSPS) is 22.9. The third-order valence-electron chi connectivity index (χ3n) is 4.11. The van der Waals surface area contributed by atoms with E-state index in [1.807, 2.05) is 37.3 Å². The highest BCUT2D eigenvalue weighted by Crippen LogP contribution is 2.28. The third-order valence-corrected chi connectivity index (χ3v) is 4.11. The molecule has 6 nitrogen and oxygen atoms in total. The number of carbonyl (C=O) groups is 2. The zero-order valence-corrected chi connectivity index (χ0v) is 14.0. The van der Waals surface area contributed by atoms with Gasteiger partial charge in [0, 0.05) is 5.92 Å². The fourth-order valence-electron chi connectivity index (χ4n) is 2.81. The first-order valence-corrected chi connectivity index (χ1v) is 7.86. The first kappa shape index (κ1) is 18.0. The summed E-state index contributed by atoms with van der Waals surface area (Å²) in [7, 11) is 1.31. The zero-order valence-electron chi connectivity index (χ0n) is 14.0. The van der Waals surface area contributed by atoms with Crippen LogP contribution in [0.4, 0.5) is 4.79 Å². The van der Waals surface area contributed by atoms with Crippen LogP contribution in [0.2, 0.25) is 0 Å². The molecule has 1 aliphatic heterocycles. The number of hydrogen-bond donors (Lipinski definition) is 0. The number of hydrogen-bond acceptors (Lipinski definition) is 5. The Balaban J connectivity index is 2.05. The lowest BCUT2D eigenvalue weighted by Crippen LogP contribution is -2.43. The Morgan fingerprint density at radius 1 is 1.33 bits per heavy atom. The molecular formula is C18H23NO5. The Morgan fingerprint density at radius 2 is 2.04 bits per heavy atom. The van der Waals surface area contributed by atoms with E-state index >= 15 is 0 Å². The molecule has 0 unspecified atom stereocenters. The van der Waals surface area contributed by atoms with Crippen molar-refractivity contribution in [2.45, 2.75) is 25.7 Å². The number of benzene rings is 1. The minimum atomic E-state index is -0.715. The lowest BCUT2D eigenvalue weighted by molar-refractivity contribution is -0.146. The number of amides is 1. The van der Waals surface area contributed by atoms with Gasteiger partial charge >= 0.3 is 12.1 Å². The maximum atomic E-state index is 12.4. The predicted molar refractivity (Wildman–Crippen MR) is 88.2 cm³/mol. The lowest BCUT2D eigenvalue weighted by Gasteiger charge is -2.23. The SMILES string of the molecule is C=CCO[C@H]1CN(C(=O)OCc2ccccc2)[C@@H](C(=O)OC)[C@@H]1C. The van der Waals surface area contributed by atoms with Crippen molar-refractivity contribution in [3.63, 3.8) is 0 Å². The molecule has 0 aliphatic carbocycles. The highest BCUT2D eigenvalue weighted by Gasteiger charge is 2.47. The fraction of sp³-hybridized carbons (Fsp3) is 0.444. The van der Waals surface area contributed by atoms with Gasteiger partial charge in [0.25, 0.3) is 0 Å². The van der Waals surface area contributed by atoms with Gasteiger partial charge in [-0.15, -0.1) is 6.58 Å². The smallest absolute Gasteiger partial charge is 0.410 e. The summed E-state index contributed by atoms with van der Waals surface area (Å²) in [5.41, 5.74) is 0.882. The molecule has 1 fully saturated rings. The molecule has 130 valence electrons. The minimum Gasteiger partial charge on any atom is -0.467 e. The first-order chi connectivity index (χ1) is 11.6. The Morgan fingerprint density at radius 3 is 2.67 bits per heavy atom. The number of nitrogens with zero attached hydrogens (tertiary/aromatic N) is 1. The summed E-state index contributed by atoms with van der Waals surface area (Å²) in [6, 6.07) is 8.66. The second-order valence-corrected chi connectivity index (χ2v) is 5.68. The number of esters is 1. The van der Waals surface area contributed by atoms with Crippen molar-refractivity contribution in [1.29, 1.82) is 0 Å². The van der Waals surface area contributed by atoms with E-state index in [-0.39, 0.29) is 25.2 Å². The number of likely N-dealkylation sites (tertiary alicyclic amines) is 1. The quantitative estimate of drug-likeness (QED) is 0.591. The van der Waals surface area contributed by atoms with E-state index in [1.54, 1.807) is 6.08 Å². The molecule has 3 atom stereocenters. The number of methoxy groups -OCH3 is 1. The molecule has 24 heavy (non-hydrogen) atoms. The molecule has 1 aromatic carbocycles. The maximum Gasteiger partial charge on any atom is 0.410 e. The van der Waals surface area contributed by atoms with E-state index in [0.29, 0.717) is 6.61 Å².